The molecule has 1 fully saturated rings. The van der Waals surface area contributed by atoms with Crippen LogP contribution in [0.3, 0.4) is 0 Å². The number of nitrogens with one attached hydrogen (secondary N) is 1. The molecule has 1 aliphatic rings. The van der Waals surface area contributed by atoms with E-state index >= 15 is 0 Å². The van der Waals surface area contributed by atoms with E-state index in [1.807, 2.05) is 24.3 Å². The Hall–Kier alpha value is -1.06. The number of benzene rings is 1. The van der Waals surface area contributed by atoms with E-state index in [9.17, 15) is 4.79 Å². The SMILES string of the molecule is CCC1OCCC1C(=O)NCc1cccc(CCl)c1. The summed E-state index contributed by atoms with van der Waals surface area (Å²) in [6, 6.07) is 7.97. The van der Waals surface area contributed by atoms with E-state index in [2.05, 4.69) is 12.2 Å². The molecule has 0 spiro atoms. The Kier molecular flexibility index (Phi) is 5.23. The molecule has 0 radical (unpaired) electrons. The lowest BCUT2D eigenvalue weighted by atomic mass is 9.98. The molecule has 2 rings (SSSR count). The van der Waals surface area contributed by atoms with Crippen molar-refractivity contribution in [1.29, 1.82) is 0 Å². The number of amides is 1. The zero-order chi connectivity index (χ0) is 13.7. The molecule has 1 aromatic carbocycles. The van der Waals surface area contributed by atoms with Crippen LogP contribution < -0.4 is 5.32 Å². The fraction of sp³-hybridized carbons (Fsp3) is 0.533. The Morgan fingerprint density at radius 1 is 1.47 bits per heavy atom. The summed E-state index contributed by atoms with van der Waals surface area (Å²) >= 11 is 5.80. The highest BCUT2D eigenvalue weighted by Crippen LogP contribution is 2.23. The molecular formula is C15H20ClNO2. The van der Waals surface area contributed by atoms with Crippen molar-refractivity contribution in [2.24, 2.45) is 5.92 Å². The number of hydrogen-bond acceptors (Lipinski definition) is 2. The second kappa shape index (κ2) is 6.92. The van der Waals surface area contributed by atoms with Crippen LogP contribution in [0.15, 0.2) is 24.3 Å². The van der Waals surface area contributed by atoms with Crippen LogP contribution >= 0.6 is 11.6 Å². The van der Waals surface area contributed by atoms with Gasteiger partial charge in [0, 0.05) is 19.0 Å². The average molecular weight is 282 g/mol. The Bertz CT molecular complexity index is 436. The maximum Gasteiger partial charge on any atom is 0.226 e. The molecule has 1 heterocycles. The summed E-state index contributed by atoms with van der Waals surface area (Å²) in [4.78, 5) is 12.1. The van der Waals surface area contributed by atoms with E-state index in [1.165, 1.54) is 0 Å². The zero-order valence-corrected chi connectivity index (χ0v) is 12.0. The Morgan fingerprint density at radius 2 is 2.26 bits per heavy atom. The number of carbonyl (C=O) groups is 1. The summed E-state index contributed by atoms with van der Waals surface area (Å²) in [5.74, 6) is 0.595. The molecule has 3 nitrogen and oxygen atoms in total. The van der Waals surface area contributed by atoms with Gasteiger partial charge in [0.2, 0.25) is 5.91 Å². The van der Waals surface area contributed by atoms with Crippen LogP contribution in [-0.4, -0.2) is 18.6 Å². The lowest BCUT2D eigenvalue weighted by molar-refractivity contribution is -0.126. The lowest BCUT2D eigenvalue weighted by Gasteiger charge is -2.16. The predicted molar refractivity (Wildman–Crippen MR) is 76.0 cm³/mol. The molecule has 4 heteroatoms. The van der Waals surface area contributed by atoms with Crippen LogP contribution in [0.2, 0.25) is 0 Å². The minimum absolute atomic E-state index is 0.00112. The number of ether oxygens (including phenoxy) is 1. The fourth-order valence-corrected chi connectivity index (χ4v) is 2.66. The van der Waals surface area contributed by atoms with Crippen LogP contribution in [-0.2, 0) is 22.0 Å². The maximum atomic E-state index is 12.1. The van der Waals surface area contributed by atoms with Crippen molar-refractivity contribution in [3.8, 4) is 0 Å². The second-order valence-corrected chi connectivity index (χ2v) is 5.15. The fourth-order valence-electron chi connectivity index (χ4n) is 2.49. The number of hydrogen-bond donors (Lipinski definition) is 1. The molecule has 0 aromatic heterocycles. The van der Waals surface area contributed by atoms with E-state index in [4.69, 9.17) is 16.3 Å². The third-order valence-corrected chi connectivity index (χ3v) is 3.87. The van der Waals surface area contributed by atoms with Gasteiger partial charge in [-0.05, 0) is 24.0 Å². The third kappa shape index (κ3) is 3.71. The van der Waals surface area contributed by atoms with Gasteiger partial charge >= 0.3 is 0 Å². The van der Waals surface area contributed by atoms with Gasteiger partial charge in [0.15, 0.2) is 0 Å². The minimum atomic E-state index is 0.00112. The van der Waals surface area contributed by atoms with Crippen LogP contribution in [0.1, 0.15) is 30.9 Å². The highest BCUT2D eigenvalue weighted by Gasteiger charge is 2.32. The van der Waals surface area contributed by atoms with Gasteiger partial charge in [0.05, 0.1) is 12.0 Å². The van der Waals surface area contributed by atoms with Gasteiger partial charge in [-0.3, -0.25) is 4.79 Å². The molecule has 1 aliphatic heterocycles. The molecule has 1 aromatic rings. The van der Waals surface area contributed by atoms with Crippen molar-refractivity contribution in [3.05, 3.63) is 35.4 Å². The van der Waals surface area contributed by atoms with Gasteiger partial charge in [0.25, 0.3) is 0 Å². The molecule has 19 heavy (non-hydrogen) atoms. The Balaban J connectivity index is 1.89. The molecule has 104 valence electrons. The van der Waals surface area contributed by atoms with Crippen molar-refractivity contribution >= 4 is 17.5 Å². The van der Waals surface area contributed by atoms with Crippen molar-refractivity contribution in [1.82, 2.24) is 5.32 Å². The van der Waals surface area contributed by atoms with E-state index < -0.39 is 0 Å². The molecule has 2 unspecified atom stereocenters. The molecule has 1 N–H and O–H groups in total. The van der Waals surface area contributed by atoms with Crippen LogP contribution in [0.25, 0.3) is 0 Å². The smallest absolute Gasteiger partial charge is 0.226 e. The standard InChI is InChI=1S/C15H20ClNO2/c1-2-14-13(6-7-19-14)15(18)17-10-12-5-3-4-11(8-12)9-16/h3-5,8,13-14H,2,6-7,9-10H2,1H3,(H,17,18). The van der Waals surface area contributed by atoms with Crippen LogP contribution in [0.4, 0.5) is 0 Å². The summed E-state index contributed by atoms with van der Waals surface area (Å²) in [5, 5.41) is 2.99. The normalized spacial score (nSPS) is 22.4. The number of alkyl halides is 1. The number of rotatable bonds is 5. The van der Waals surface area contributed by atoms with E-state index in [-0.39, 0.29) is 17.9 Å². The van der Waals surface area contributed by atoms with E-state index in [1.54, 1.807) is 0 Å². The molecule has 2 atom stereocenters. The summed E-state index contributed by atoms with van der Waals surface area (Å²) in [6.07, 6.45) is 1.79. The van der Waals surface area contributed by atoms with Crippen LogP contribution in [0, 0.1) is 5.92 Å². The minimum Gasteiger partial charge on any atom is -0.377 e. The molecular weight excluding hydrogens is 262 g/mol. The van der Waals surface area contributed by atoms with Gasteiger partial charge in [-0.1, -0.05) is 31.2 Å². The number of halogens is 1. The molecule has 1 amide bonds. The van der Waals surface area contributed by atoms with Gasteiger partial charge in [-0.25, -0.2) is 0 Å². The maximum absolute atomic E-state index is 12.1. The highest BCUT2D eigenvalue weighted by atomic mass is 35.5. The first kappa shape index (κ1) is 14.4. The second-order valence-electron chi connectivity index (χ2n) is 4.88. The Morgan fingerprint density at radius 3 is 3.00 bits per heavy atom. The van der Waals surface area contributed by atoms with Gasteiger partial charge in [-0.15, -0.1) is 11.6 Å². The van der Waals surface area contributed by atoms with Gasteiger partial charge in [0.1, 0.15) is 0 Å². The van der Waals surface area contributed by atoms with Crippen molar-refractivity contribution in [2.75, 3.05) is 6.61 Å². The first-order valence-electron chi connectivity index (χ1n) is 6.77. The zero-order valence-electron chi connectivity index (χ0n) is 11.2. The highest BCUT2D eigenvalue weighted by molar-refractivity contribution is 6.17. The first-order chi connectivity index (χ1) is 9.24. The summed E-state index contributed by atoms with van der Waals surface area (Å²) < 4.78 is 5.55. The van der Waals surface area contributed by atoms with Crippen LogP contribution in [0.5, 0.6) is 0 Å². The Labute approximate surface area is 119 Å². The first-order valence-corrected chi connectivity index (χ1v) is 7.31. The molecule has 0 bridgehead atoms. The molecule has 0 saturated carbocycles. The van der Waals surface area contributed by atoms with E-state index in [0.29, 0.717) is 19.0 Å². The van der Waals surface area contributed by atoms with E-state index in [0.717, 1.165) is 24.0 Å². The van der Waals surface area contributed by atoms with Crippen molar-refractivity contribution in [3.63, 3.8) is 0 Å². The topological polar surface area (TPSA) is 38.3 Å². The number of carbonyl (C=O) groups excluding carboxylic acids is 1. The summed E-state index contributed by atoms with van der Waals surface area (Å²) in [7, 11) is 0. The predicted octanol–water partition coefficient (Wildman–Crippen LogP) is 2.86. The van der Waals surface area contributed by atoms with Gasteiger partial charge in [-0.2, -0.15) is 0 Å². The van der Waals surface area contributed by atoms with Gasteiger partial charge < -0.3 is 10.1 Å². The van der Waals surface area contributed by atoms with Crippen molar-refractivity contribution < 1.29 is 9.53 Å². The van der Waals surface area contributed by atoms with Crippen molar-refractivity contribution in [2.45, 2.75) is 38.3 Å². The summed E-state index contributed by atoms with van der Waals surface area (Å²) in [6.45, 7) is 3.30. The monoisotopic (exact) mass is 281 g/mol. The lowest BCUT2D eigenvalue weighted by Crippen LogP contribution is -2.34. The third-order valence-electron chi connectivity index (χ3n) is 3.56. The molecule has 1 saturated heterocycles. The molecule has 0 aliphatic carbocycles. The quantitative estimate of drug-likeness (QED) is 0.843. The summed E-state index contributed by atoms with van der Waals surface area (Å²) in [5.41, 5.74) is 2.16. The average Bonchev–Trinajstić information content (AvgIpc) is 2.93. The largest absolute Gasteiger partial charge is 0.377 e.